The molecule has 1 N–H and O–H groups in total. The summed E-state index contributed by atoms with van der Waals surface area (Å²) in [4.78, 5) is 0. The van der Waals surface area contributed by atoms with Gasteiger partial charge in [0.25, 0.3) is 0 Å². The van der Waals surface area contributed by atoms with E-state index >= 15 is 0 Å². The van der Waals surface area contributed by atoms with Crippen LogP contribution in [-0.4, -0.2) is 17.8 Å². The average molecular weight is 254 g/mol. The normalized spacial score (nSPS) is 36.1. The SMILES string of the molecule is FC1(Cc2ccc(Cl)cc2)CC2CCC(C1)N2. The van der Waals surface area contributed by atoms with Gasteiger partial charge in [-0.25, -0.2) is 4.39 Å². The second-order valence-corrected chi connectivity index (χ2v) is 5.94. The molecule has 0 saturated carbocycles. The van der Waals surface area contributed by atoms with Gasteiger partial charge in [0.1, 0.15) is 5.67 Å². The molecule has 1 aromatic carbocycles. The van der Waals surface area contributed by atoms with E-state index in [1.165, 1.54) is 0 Å². The van der Waals surface area contributed by atoms with E-state index in [0.29, 0.717) is 36.4 Å². The highest BCUT2D eigenvalue weighted by atomic mass is 35.5. The first-order valence-corrected chi connectivity index (χ1v) is 6.70. The van der Waals surface area contributed by atoms with Crippen molar-refractivity contribution in [3.63, 3.8) is 0 Å². The molecule has 3 rings (SSSR count). The van der Waals surface area contributed by atoms with Crippen LogP contribution in [-0.2, 0) is 6.42 Å². The Morgan fingerprint density at radius 3 is 2.35 bits per heavy atom. The fraction of sp³-hybridized carbons (Fsp3) is 0.571. The molecule has 2 aliphatic heterocycles. The Kier molecular flexibility index (Phi) is 2.87. The monoisotopic (exact) mass is 253 g/mol. The topological polar surface area (TPSA) is 12.0 Å². The molecule has 2 heterocycles. The molecule has 0 aliphatic carbocycles. The number of hydrogen-bond acceptors (Lipinski definition) is 1. The van der Waals surface area contributed by atoms with E-state index in [1.54, 1.807) is 0 Å². The second-order valence-electron chi connectivity index (χ2n) is 5.50. The van der Waals surface area contributed by atoms with Crippen LogP contribution in [0.25, 0.3) is 0 Å². The third-order valence-electron chi connectivity index (χ3n) is 3.99. The standard InChI is InChI=1S/C14H17ClFN/c15-11-3-1-10(2-4-11)7-14(16)8-12-5-6-13(9-14)17-12/h1-4,12-13,17H,5-9H2. The first-order chi connectivity index (χ1) is 8.13. The highest BCUT2D eigenvalue weighted by molar-refractivity contribution is 6.30. The van der Waals surface area contributed by atoms with Crippen LogP contribution in [0.15, 0.2) is 24.3 Å². The van der Waals surface area contributed by atoms with Gasteiger partial charge in [-0.3, -0.25) is 0 Å². The lowest BCUT2D eigenvalue weighted by atomic mass is 9.84. The van der Waals surface area contributed by atoms with Crippen LogP contribution in [0.4, 0.5) is 4.39 Å². The Morgan fingerprint density at radius 2 is 1.76 bits per heavy atom. The van der Waals surface area contributed by atoms with Crippen molar-refractivity contribution < 1.29 is 4.39 Å². The second kappa shape index (κ2) is 4.25. The van der Waals surface area contributed by atoms with Crippen LogP contribution in [0.2, 0.25) is 5.02 Å². The Hall–Kier alpha value is -0.600. The quantitative estimate of drug-likeness (QED) is 0.851. The summed E-state index contributed by atoms with van der Waals surface area (Å²) in [6.07, 6.45) is 4.12. The lowest BCUT2D eigenvalue weighted by Gasteiger charge is -2.35. The first kappa shape index (κ1) is 11.5. The van der Waals surface area contributed by atoms with Crippen LogP contribution in [0, 0.1) is 0 Å². The van der Waals surface area contributed by atoms with Gasteiger partial charge in [0.2, 0.25) is 0 Å². The molecule has 2 aliphatic rings. The molecule has 2 saturated heterocycles. The fourth-order valence-electron chi connectivity index (χ4n) is 3.30. The summed E-state index contributed by atoms with van der Waals surface area (Å²) in [6, 6.07) is 8.35. The number of alkyl halides is 1. The van der Waals surface area contributed by atoms with E-state index in [0.717, 1.165) is 18.4 Å². The number of halogens is 2. The van der Waals surface area contributed by atoms with Crippen molar-refractivity contribution in [1.82, 2.24) is 5.32 Å². The van der Waals surface area contributed by atoms with Crippen molar-refractivity contribution in [2.24, 2.45) is 0 Å². The molecule has 2 atom stereocenters. The number of rotatable bonds is 2. The van der Waals surface area contributed by atoms with E-state index in [9.17, 15) is 4.39 Å². The van der Waals surface area contributed by atoms with Gasteiger partial charge in [0.05, 0.1) is 0 Å². The minimum atomic E-state index is -1.02. The summed E-state index contributed by atoms with van der Waals surface area (Å²) in [5.74, 6) is 0. The van der Waals surface area contributed by atoms with Crippen LogP contribution in [0.1, 0.15) is 31.2 Å². The van der Waals surface area contributed by atoms with Gasteiger partial charge in [-0.15, -0.1) is 0 Å². The molecule has 0 spiro atoms. The Bertz CT molecular complexity index is 391. The van der Waals surface area contributed by atoms with Gasteiger partial charge in [-0.2, -0.15) is 0 Å². The van der Waals surface area contributed by atoms with Crippen molar-refractivity contribution in [1.29, 1.82) is 0 Å². The Morgan fingerprint density at radius 1 is 1.18 bits per heavy atom. The average Bonchev–Trinajstić information content (AvgIpc) is 2.62. The van der Waals surface area contributed by atoms with Gasteiger partial charge in [-0.1, -0.05) is 23.7 Å². The molecule has 92 valence electrons. The number of fused-ring (bicyclic) bond motifs is 2. The van der Waals surface area contributed by atoms with Crippen molar-refractivity contribution in [3.05, 3.63) is 34.9 Å². The molecule has 17 heavy (non-hydrogen) atoms. The molecule has 2 bridgehead atoms. The molecular formula is C14H17ClFN. The summed E-state index contributed by atoms with van der Waals surface area (Å²) >= 11 is 5.84. The van der Waals surface area contributed by atoms with Crippen LogP contribution < -0.4 is 5.32 Å². The number of nitrogens with one attached hydrogen (secondary N) is 1. The molecule has 0 amide bonds. The highest BCUT2D eigenvalue weighted by Crippen LogP contribution is 2.38. The van der Waals surface area contributed by atoms with Gasteiger partial charge < -0.3 is 5.32 Å². The number of hydrogen-bond donors (Lipinski definition) is 1. The summed E-state index contributed by atoms with van der Waals surface area (Å²) in [6.45, 7) is 0. The third-order valence-corrected chi connectivity index (χ3v) is 4.25. The van der Waals surface area contributed by atoms with E-state index in [4.69, 9.17) is 11.6 Å². The summed E-state index contributed by atoms with van der Waals surface area (Å²) < 4.78 is 14.8. The summed E-state index contributed by atoms with van der Waals surface area (Å²) in [5.41, 5.74) is 0.0310. The van der Waals surface area contributed by atoms with Crippen molar-refractivity contribution >= 4 is 11.6 Å². The maximum atomic E-state index is 14.8. The number of piperidine rings is 1. The summed E-state index contributed by atoms with van der Waals surface area (Å²) in [5, 5.41) is 4.19. The Balaban J connectivity index is 1.73. The van der Waals surface area contributed by atoms with E-state index in [2.05, 4.69) is 5.32 Å². The molecular weight excluding hydrogens is 237 g/mol. The molecule has 2 fully saturated rings. The van der Waals surface area contributed by atoms with Crippen LogP contribution in [0.5, 0.6) is 0 Å². The molecule has 0 aromatic heterocycles. The van der Waals surface area contributed by atoms with Crippen molar-refractivity contribution in [2.75, 3.05) is 0 Å². The van der Waals surface area contributed by atoms with Crippen LogP contribution in [0.3, 0.4) is 0 Å². The van der Waals surface area contributed by atoms with Crippen molar-refractivity contribution in [3.8, 4) is 0 Å². The minimum Gasteiger partial charge on any atom is -0.311 e. The molecule has 3 heteroatoms. The van der Waals surface area contributed by atoms with E-state index < -0.39 is 5.67 Å². The fourth-order valence-corrected chi connectivity index (χ4v) is 3.43. The zero-order valence-electron chi connectivity index (χ0n) is 9.76. The molecule has 1 nitrogen and oxygen atoms in total. The highest BCUT2D eigenvalue weighted by Gasteiger charge is 2.43. The molecule has 2 unspecified atom stereocenters. The maximum absolute atomic E-state index is 14.8. The molecule has 0 radical (unpaired) electrons. The lowest BCUT2D eigenvalue weighted by Crippen LogP contribution is -2.47. The van der Waals surface area contributed by atoms with Gasteiger partial charge in [-0.05, 0) is 43.4 Å². The molecule has 1 aromatic rings. The van der Waals surface area contributed by atoms with Gasteiger partial charge >= 0.3 is 0 Å². The third kappa shape index (κ3) is 2.48. The van der Waals surface area contributed by atoms with Gasteiger partial charge in [0, 0.05) is 23.5 Å². The maximum Gasteiger partial charge on any atom is 0.118 e. The van der Waals surface area contributed by atoms with Crippen molar-refractivity contribution in [2.45, 2.75) is 49.9 Å². The predicted molar refractivity (Wildman–Crippen MR) is 68.2 cm³/mol. The van der Waals surface area contributed by atoms with E-state index in [-0.39, 0.29) is 0 Å². The van der Waals surface area contributed by atoms with Crippen LogP contribution >= 0.6 is 11.6 Å². The minimum absolute atomic E-state index is 0.394. The lowest BCUT2D eigenvalue weighted by molar-refractivity contribution is 0.0894. The Labute approximate surface area is 106 Å². The van der Waals surface area contributed by atoms with E-state index in [1.807, 2.05) is 24.3 Å². The van der Waals surface area contributed by atoms with Gasteiger partial charge in [0.15, 0.2) is 0 Å². The number of benzene rings is 1. The first-order valence-electron chi connectivity index (χ1n) is 6.32. The predicted octanol–water partition coefficient (Wildman–Crippen LogP) is 3.51. The largest absolute Gasteiger partial charge is 0.311 e. The smallest absolute Gasteiger partial charge is 0.118 e. The zero-order valence-corrected chi connectivity index (χ0v) is 10.5. The zero-order chi connectivity index (χ0) is 11.9. The summed E-state index contributed by atoms with van der Waals surface area (Å²) in [7, 11) is 0.